The van der Waals surface area contributed by atoms with Crippen LogP contribution in [-0.4, -0.2) is 23.1 Å². The first-order valence-electron chi connectivity index (χ1n) is 1.91. The van der Waals surface area contributed by atoms with Crippen LogP contribution in [0.1, 0.15) is 0 Å². The van der Waals surface area contributed by atoms with Gasteiger partial charge in [-0.25, -0.2) is 0 Å². The minimum absolute atomic E-state index is 0.215. The predicted octanol–water partition coefficient (Wildman–Crippen LogP) is 0.979. The molecule has 0 aromatic rings. The topological polar surface area (TPSA) is 29.4 Å². The molecule has 4 heteroatoms. The van der Waals surface area contributed by atoms with Crippen molar-refractivity contribution in [2.24, 2.45) is 4.99 Å². The van der Waals surface area contributed by atoms with Crippen molar-refractivity contribution in [3.63, 3.8) is 0 Å². The fourth-order valence-corrected chi connectivity index (χ4v) is 0.620. The number of nitrogens with zero attached hydrogens (tertiary/aromatic N) is 1. The summed E-state index contributed by atoms with van der Waals surface area (Å²) >= 11 is 5.62. The highest BCUT2D eigenvalue weighted by Gasteiger charge is 1.91. The summed E-state index contributed by atoms with van der Waals surface area (Å²) < 4.78 is 0. The number of hydrogen-bond acceptors (Lipinski definition) is 3. The lowest BCUT2D eigenvalue weighted by Crippen LogP contribution is -1.93. The zero-order chi connectivity index (χ0) is 6.41. The summed E-state index contributed by atoms with van der Waals surface area (Å²) in [7, 11) is 0. The quantitative estimate of drug-likeness (QED) is 0.430. The first-order chi connectivity index (χ1) is 3.81. The van der Waals surface area contributed by atoms with Gasteiger partial charge in [0.15, 0.2) is 0 Å². The number of hydrogen-bond donors (Lipinski definition) is 0. The SMILES string of the molecule is CSCC(=O)N=C=S. The van der Waals surface area contributed by atoms with Crippen molar-refractivity contribution in [2.45, 2.75) is 0 Å². The van der Waals surface area contributed by atoms with Crippen LogP contribution in [0.4, 0.5) is 0 Å². The third-order valence-corrected chi connectivity index (χ3v) is 1.07. The van der Waals surface area contributed by atoms with Crippen LogP contribution < -0.4 is 0 Å². The summed E-state index contributed by atoms with van der Waals surface area (Å²) in [6.45, 7) is 0. The number of isothiocyanates is 1. The number of aliphatic imine (C=N–C) groups is 1. The van der Waals surface area contributed by atoms with Gasteiger partial charge >= 0.3 is 0 Å². The van der Waals surface area contributed by atoms with E-state index >= 15 is 0 Å². The average molecular weight is 147 g/mol. The molecule has 0 atom stereocenters. The van der Waals surface area contributed by atoms with Crippen LogP contribution in [0.5, 0.6) is 0 Å². The van der Waals surface area contributed by atoms with E-state index in [1.165, 1.54) is 11.8 Å². The number of rotatable bonds is 2. The molecule has 0 rings (SSSR count). The molecule has 0 aliphatic carbocycles. The zero-order valence-electron chi connectivity index (χ0n) is 4.38. The summed E-state index contributed by atoms with van der Waals surface area (Å²) in [4.78, 5) is 13.5. The van der Waals surface area contributed by atoms with E-state index in [-0.39, 0.29) is 5.91 Å². The van der Waals surface area contributed by atoms with Crippen LogP contribution >= 0.6 is 24.0 Å². The van der Waals surface area contributed by atoms with Gasteiger partial charge in [-0.3, -0.25) is 4.79 Å². The molecule has 0 saturated heterocycles. The number of amides is 1. The van der Waals surface area contributed by atoms with Gasteiger partial charge in [-0.2, -0.15) is 16.8 Å². The molecule has 0 heterocycles. The van der Waals surface area contributed by atoms with E-state index in [2.05, 4.69) is 17.2 Å². The molecule has 44 valence electrons. The van der Waals surface area contributed by atoms with Crippen LogP contribution in [-0.2, 0) is 4.79 Å². The molecule has 0 fully saturated rings. The molecule has 1 amide bonds. The van der Waals surface area contributed by atoms with Crippen molar-refractivity contribution in [1.82, 2.24) is 0 Å². The molecule has 8 heavy (non-hydrogen) atoms. The first kappa shape index (κ1) is 7.82. The standard InChI is InChI=1S/C4H5NOS2/c1-8-2-4(6)5-3-7/h2H2,1H3. The lowest BCUT2D eigenvalue weighted by atomic mass is 10.7. The summed E-state index contributed by atoms with van der Waals surface area (Å²) in [6.07, 6.45) is 1.83. The van der Waals surface area contributed by atoms with E-state index in [4.69, 9.17) is 0 Å². The average Bonchev–Trinajstić information content (AvgIpc) is 1.68. The Morgan fingerprint density at radius 3 is 3.00 bits per heavy atom. The highest BCUT2D eigenvalue weighted by molar-refractivity contribution is 7.99. The molecule has 0 radical (unpaired) electrons. The second-order valence-corrected chi connectivity index (χ2v) is 2.08. The predicted molar refractivity (Wildman–Crippen MR) is 38.4 cm³/mol. The Balaban J connectivity index is 3.49. The Morgan fingerprint density at radius 2 is 2.62 bits per heavy atom. The maximum atomic E-state index is 10.3. The molecular formula is C4H5NOS2. The number of carbonyl (C=O) groups excluding carboxylic acids is 1. The smallest absolute Gasteiger partial charge is 0.264 e. The highest BCUT2D eigenvalue weighted by Crippen LogP contribution is 1.90. The molecule has 0 saturated carbocycles. The van der Waals surface area contributed by atoms with Crippen molar-refractivity contribution in [3.05, 3.63) is 0 Å². The third kappa shape index (κ3) is 3.99. The van der Waals surface area contributed by atoms with Gasteiger partial charge < -0.3 is 0 Å². The lowest BCUT2D eigenvalue weighted by molar-refractivity contribution is -0.115. The fourth-order valence-electron chi connectivity index (χ4n) is 0.207. The van der Waals surface area contributed by atoms with E-state index in [0.29, 0.717) is 5.75 Å². The maximum Gasteiger partial charge on any atom is 0.264 e. The van der Waals surface area contributed by atoms with Crippen LogP contribution in [0.3, 0.4) is 0 Å². The first-order valence-corrected chi connectivity index (χ1v) is 3.71. The van der Waals surface area contributed by atoms with E-state index in [1.807, 2.05) is 11.4 Å². The van der Waals surface area contributed by atoms with Gasteiger partial charge in [0.2, 0.25) is 0 Å². The van der Waals surface area contributed by atoms with Crippen molar-refractivity contribution < 1.29 is 4.79 Å². The van der Waals surface area contributed by atoms with Gasteiger partial charge in [-0.15, -0.1) is 0 Å². The maximum absolute atomic E-state index is 10.3. The summed E-state index contributed by atoms with van der Waals surface area (Å²) in [5.74, 6) is 0.177. The van der Waals surface area contributed by atoms with Gasteiger partial charge in [0.05, 0.1) is 10.9 Å². The molecule has 0 aromatic heterocycles. The Bertz CT molecular complexity index is 128. The van der Waals surface area contributed by atoms with Gasteiger partial charge in [0.25, 0.3) is 5.91 Å². The Labute approximate surface area is 57.4 Å². The fraction of sp³-hybridized carbons (Fsp3) is 0.500. The van der Waals surface area contributed by atoms with Gasteiger partial charge in [-0.05, 0) is 18.5 Å². The van der Waals surface area contributed by atoms with Crippen molar-refractivity contribution >= 4 is 35.0 Å². The van der Waals surface area contributed by atoms with Gasteiger partial charge in [0.1, 0.15) is 0 Å². The Hall–Kier alpha value is -0.180. The highest BCUT2D eigenvalue weighted by atomic mass is 32.2. The zero-order valence-corrected chi connectivity index (χ0v) is 6.01. The number of thioether (sulfide) groups is 1. The van der Waals surface area contributed by atoms with Crippen LogP contribution in [0.25, 0.3) is 0 Å². The van der Waals surface area contributed by atoms with Crippen LogP contribution in [0.15, 0.2) is 4.99 Å². The minimum Gasteiger partial charge on any atom is -0.271 e. The summed E-state index contributed by atoms with van der Waals surface area (Å²) in [5.41, 5.74) is 0. The monoisotopic (exact) mass is 147 g/mol. The summed E-state index contributed by atoms with van der Waals surface area (Å²) in [6, 6.07) is 0. The summed E-state index contributed by atoms with van der Waals surface area (Å²) in [5, 5.41) is 2.00. The molecule has 0 aromatic carbocycles. The van der Waals surface area contributed by atoms with E-state index in [9.17, 15) is 4.79 Å². The lowest BCUT2D eigenvalue weighted by Gasteiger charge is -1.81. The van der Waals surface area contributed by atoms with Crippen molar-refractivity contribution in [2.75, 3.05) is 12.0 Å². The minimum atomic E-state index is -0.215. The molecule has 0 aliphatic heterocycles. The number of thiocarbonyl (C=S) groups is 1. The number of carbonyl (C=O) groups is 1. The molecule has 0 spiro atoms. The molecule has 0 bridgehead atoms. The van der Waals surface area contributed by atoms with Crippen molar-refractivity contribution in [1.29, 1.82) is 0 Å². The van der Waals surface area contributed by atoms with E-state index in [1.54, 1.807) is 0 Å². The van der Waals surface area contributed by atoms with Crippen LogP contribution in [0, 0.1) is 0 Å². The van der Waals surface area contributed by atoms with E-state index < -0.39 is 0 Å². The Morgan fingerprint density at radius 1 is 2.00 bits per heavy atom. The molecule has 0 N–H and O–H groups in total. The normalized spacial score (nSPS) is 7.62. The van der Waals surface area contributed by atoms with Crippen molar-refractivity contribution in [3.8, 4) is 0 Å². The van der Waals surface area contributed by atoms with Gasteiger partial charge in [0, 0.05) is 0 Å². The molecular weight excluding hydrogens is 142 g/mol. The third-order valence-electron chi connectivity index (χ3n) is 0.438. The second kappa shape index (κ2) is 4.97. The van der Waals surface area contributed by atoms with Crippen LogP contribution in [0.2, 0.25) is 0 Å². The van der Waals surface area contributed by atoms with Gasteiger partial charge in [-0.1, -0.05) is 0 Å². The largest absolute Gasteiger partial charge is 0.271 e. The van der Waals surface area contributed by atoms with E-state index in [0.717, 1.165) is 0 Å². The molecule has 2 nitrogen and oxygen atoms in total. The Kier molecular flexibility index (Phi) is 4.85. The molecule has 0 unspecified atom stereocenters. The second-order valence-electron chi connectivity index (χ2n) is 1.03. The molecule has 0 aliphatic rings.